The Labute approximate surface area is 232 Å². The fourth-order valence-electron chi connectivity index (χ4n) is 5.28. The average Bonchev–Trinajstić information content (AvgIpc) is 3.52. The first kappa shape index (κ1) is 11.5. The minimum atomic E-state index is -0.713. The maximum Gasteiger partial charge on any atom is 0.143 e. The number of rotatable bonds is 2. The molecule has 0 bridgehead atoms. The number of hydrogen-bond donors (Lipinski definition) is 0. The van der Waals surface area contributed by atoms with Gasteiger partial charge in [-0.15, -0.1) is 0 Å². The summed E-state index contributed by atoms with van der Waals surface area (Å²) in [4.78, 5) is 0. The molecule has 0 radical (unpaired) electrons. The van der Waals surface area contributed by atoms with Gasteiger partial charge in [-0.3, -0.25) is 0 Å². The van der Waals surface area contributed by atoms with Crippen LogP contribution in [0.25, 0.3) is 76.5 Å². The second-order valence-corrected chi connectivity index (χ2v) is 8.69. The van der Waals surface area contributed by atoms with Crippen LogP contribution in [0.3, 0.4) is 0 Å². The molecular formula is C36H22O. The molecule has 7 aromatic carbocycles. The van der Waals surface area contributed by atoms with Crippen molar-refractivity contribution in [3.63, 3.8) is 0 Å². The fraction of sp³-hybridized carbons (Fsp3) is 0. The number of hydrogen-bond acceptors (Lipinski definition) is 1. The van der Waals surface area contributed by atoms with Crippen molar-refractivity contribution in [3.8, 4) is 22.3 Å². The Bertz CT molecular complexity index is 2750. The van der Waals surface area contributed by atoms with Crippen LogP contribution in [0.1, 0.15) is 17.8 Å². The average molecular weight is 484 g/mol. The monoisotopic (exact) mass is 483 g/mol. The first-order valence-electron chi connectivity index (χ1n) is 18.1. The van der Waals surface area contributed by atoms with E-state index in [-0.39, 0.29) is 32.7 Å². The van der Waals surface area contributed by atoms with Crippen LogP contribution in [0.2, 0.25) is 0 Å². The Balaban J connectivity index is 1.74. The second kappa shape index (κ2) is 7.81. The van der Waals surface area contributed by atoms with Crippen LogP contribution >= 0.6 is 0 Å². The summed E-state index contributed by atoms with van der Waals surface area (Å²) < 4.78 is 121. The molecule has 0 atom stereocenters. The summed E-state index contributed by atoms with van der Waals surface area (Å²) in [6, 6.07) is 8.17. The molecule has 0 saturated carbocycles. The fourth-order valence-corrected chi connectivity index (χ4v) is 5.28. The van der Waals surface area contributed by atoms with Gasteiger partial charge in [0.2, 0.25) is 0 Å². The van der Waals surface area contributed by atoms with Crippen molar-refractivity contribution in [2.75, 3.05) is 0 Å². The van der Waals surface area contributed by atoms with Gasteiger partial charge in [0.25, 0.3) is 0 Å². The van der Waals surface area contributed by atoms with E-state index in [1.54, 1.807) is 18.2 Å². The minimum absolute atomic E-state index is 0.0616. The maximum atomic E-state index is 9.23. The molecule has 0 saturated heterocycles. The number of benzene rings is 7. The van der Waals surface area contributed by atoms with E-state index in [9.17, 15) is 2.74 Å². The SMILES string of the molecule is [2H]c1c([2H])c([2H])c(-c2c3c([2H])c([2H])c([2H])c([2H])c3c(-c3cccc4oc5c6ccccc6ccc5c34)c3c([2H])c([2H])c([2H])c([2H])c23)c([2H])c1[2H]. The molecule has 0 N–H and O–H groups in total. The maximum absolute atomic E-state index is 9.23. The molecule has 0 amide bonds. The quantitative estimate of drug-likeness (QED) is 0.223. The summed E-state index contributed by atoms with van der Waals surface area (Å²) >= 11 is 0. The van der Waals surface area contributed by atoms with Crippen molar-refractivity contribution < 1.29 is 22.2 Å². The van der Waals surface area contributed by atoms with Crippen molar-refractivity contribution in [1.82, 2.24) is 0 Å². The molecule has 0 fully saturated rings. The van der Waals surface area contributed by atoms with Gasteiger partial charge in [-0.1, -0.05) is 121 Å². The van der Waals surface area contributed by atoms with E-state index in [4.69, 9.17) is 19.5 Å². The van der Waals surface area contributed by atoms with Crippen LogP contribution < -0.4 is 0 Å². The van der Waals surface area contributed by atoms with Crippen LogP contribution in [0.4, 0.5) is 0 Å². The summed E-state index contributed by atoms with van der Waals surface area (Å²) in [5, 5.41) is 2.15. The van der Waals surface area contributed by atoms with Crippen LogP contribution in [0.5, 0.6) is 0 Å². The van der Waals surface area contributed by atoms with Gasteiger partial charge in [0, 0.05) is 16.2 Å². The highest BCUT2D eigenvalue weighted by molar-refractivity contribution is 6.26. The molecule has 1 aromatic heterocycles. The lowest BCUT2D eigenvalue weighted by atomic mass is 9.85. The molecule has 172 valence electrons. The summed E-state index contributed by atoms with van der Waals surface area (Å²) in [5.74, 6) is 0. The zero-order valence-electron chi connectivity index (χ0n) is 32.1. The zero-order chi connectivity index (χ0) is 35.7. The van der Waals surface area contributed by atoms with E-state index in [0.717, 1.165) is 10.8 Å². The third-order valence-electron chi connectivity index (χ3n) is 6.78. The Hall–Kier alpha value is -4.88. The molecule has 1 heteroatoms. The van der Waals surface area contributed by atoms with Gasteiger partial charge >= 0.3 is 0 Å². The van der Waals surface area contributed by atoms with E-state index in [1.165, 1.54) is 0 Å². The van der Waals surface area contributed by atoms with Crippen LogP contribution in [-0.2, 0) is 0 Å². The van der Waals surface area contributed by atoms with E-state index < -0.39 is 84.1 Å². The molecule has 8 aromatic rings. The largest absolute Gasteiger partial charge is 0.455 e. The van der Waals surface area contributed by atoms with Gasteiger partial charge < -0.3 is 4.42 Å². The lowest BCUT2D eigenvalue weighted by Gasteiger charge is -2.18. The van der Waals surface area contributed by atoms with Gasteiger partial charge in [0.05, 0.1) is 17.8 Å². The molecule has 0 aliphatic heterocycles. The topological polar surface area (TPSA) is 13.1 Å². The van der Waals surface area contributed by atoms with Crippen molar-refractivity contribution >= 4 is 54.3 Å². The van der Waals surface area contributed by atoms with E-state index >= 15 is 0 Å². The third kappa shape index (κ3) is 2.92. The summed E-state index contributed by atoms with van der Waals surface area (Å²) in [6.07, 6.45) is 0. The van der Waals surface area contributed by atoms with Gasteiger partial charge in [0.15, 0.2) is 0 Å². The molecule has 37 heavy (non-hydrogen) atoms. The van der Waals surface area contributed by atoms with Crippen molar-refractivity contribution in [2.45, 2.75) is 0 Å². The first-order valence-corrected chi connectivity index (χ1v) is 11.6. The molecule has 0 unspecified atom stereocenters. The normalized spacial score (nSPS) is 16.7. The highest BCUT2D eigenvalue weighted by Gasteiger charge is 2.20. The van der Waals surface area contributed by atoms with Crippen molar-refractivity contribution in [3.05, 3.63) is 133 Å². The van der Waals surface area contributed by atoms with E-state index in [2.05, 4.69) is 0 Å². The van der Waals surface area contributed by atoms with Crippen LogP contribution in [0, 0.1) is 0 Å². The molecule has 8 rings (SSSR count). The summed E-state index contributed by atoms with van der Waals surface area (Å²) in [6.45, 7) is 0. The predicted molar refractivity (Wildman–Crippen MR) is 157 cm³/mol. The van der Waals surface area contributed by atoms with Gasteiger partial charge in [-0.2, -0.15) is 0 Å². The lowest BCUT2D eigenvalue weighted by molar-refractivity contribution is 0.673. The van der Waals surface area contributed by atoms with E-state index in [0.29, 0.717) is 27.5 Å². The summed E-state index contributed by atoms with van der Waals surface area (Å²) in [5.41, 5.74) is 0.627. The molecule has 1 heterocycles. The van der Waals surface area contributed by atoms with Gasteiger partial charge in [-0.25, -0.2) is 0 Å². The van der Waals surface area contributed by atoms with Crippen LogP contribution in [-0.4, -0.2) is 0 Å². The van der Waals surface area contributed by atoms with Crippen LogP contribution in [0.15, 0.2) is 138 Å². The van der Waals surface area contributed by atoms with E-state index in [1.807, 2.05) is 36.4 Å². The molecule has 0 aliphatic carbocycles. The Kier molecular flexibility index (Phi) is 2.42. The highest BCUT2D eigenvalue weighted by Crippen LogP contribution is 2.47. The van der Waals surface area contributed by atoms with Gasteiger partial charge in [-0.05, 0) is 61.3 Å². The Morgan fingerprint density at radius 2 is 1.14 bits per heavy atom. The molecule has 1 nitrogen and oxygen atoms in total. The molecular weight excluding hydrogens is 448 g/mol. The lowest BCUT2D eigenvalue weighted by Crippen LogP contribution is -1.91. The zero-order valence-corrected chi connectivity index (χ0v) is 19.1. The van der Waals surface area contributed by atoms with Crippen molar-refractivity contribution in [1.29, 1.82) is 0 Å². The second-order valence-electron chi connectivity index (χ2n) is 8.69. The Morgan fingerprint density at radius 1 is 0.486 bits per heavy atom. The number of fused-ring (bicyclic) bond motifs is 7. The Morgan fingerprint density at radius 3 is 1.86 bits per heavy atom. The summed E-state index contributed by atoms with van der Waals surface area (Å²) in [7, 11) is 0. The molecule has 0 aliphatic rings. The minimum Gasteiger partial charge on any atom is -0.455 e. The molecule has 0 spiro atoms. The van der Waals surface area contributed by atoms with Crippen molar-refractivity contribution in [2.24, 2.45) is 0 Å². The predicted octanol–water partition coefficient (Wildman–Crippen LogP) is 10.4. The first-order chi connectivity index (χ1) is 23.8. The van der Waals surface area contributed by atoms with Gasteiger partial charge in [0.1, 0.15) is 11.2 Å². The third-order valence-corrected chi connectivity index (χ3v) is 6.78. The smallest absolute Gasteiger partial charge is 0.143 e. The number of furan rings is 1. The standard InChI is InChI=1S/C36H22O/c1-2-12-24(13-3-1)33-26-15-6-8-17-28(26)34(29-18-9-7-16-27(29)33)30-19-10-20-32-35(30)31-22-21-23-11-4-5-14-25(23)36(31)37-32/h1-22H/i1D,2D,3D,6D,7D,8D,9D,12D,13D,15D,16D,17D,18D. The highest BCUT2D eigenvalue weighted by atomic mass is 16.3.